The van der Waals surface area contributed by atoms with E-state index in [1.54, 1.807) is 37.0 Å². The van der Waals surface area contributed by atoms with E-state index in [4.69, 9.17) is 14.7 Å². The van der Waals surface area contributed by atoms with Gasteiger partial charge in [0, 0.05) is 65.4 Å². The lowest BCUT2D eigenvalue weighted by molar-refractivity contribution is -0.153. The molecule has 0 fully saturated rings. The van der Waals surface area contributed by atoms with Gasteiger partial charge in [0.2, 0.25) is 17.8 Å². The molecule has 0 amide bonds. The molecule has 0 aliphatic rings. The summed E-state index contributed by atoms with van der Waals surface area (Å²) >= 11 is 4.54. The average molecular weight is 1070 g/mol. The zero-order valence-electron chi connectivity index (χ0n) is 44.1. The van der Waals surface area contributed by atoms with E-state index in [1.165, 1.54) is 56.1 Å². The van der Waals surface area contributed by atoms with Gasteiger partial charge in [-0.2, -0.15) is 5.26 Å². The fourth-order valence-corrected chi connectivity index (χ4v) is 9.89. The zero-order valence-corrected chi connectivity index (χ0v) is 46.6. The number of hydrogen-bond acceptors (Lipinski definition) is 20. The van der Waals surface area contributed by atoms with Crippen LogP contribution < -0.4 is 21.3 Å². The second-order valence-corrected chi connectivity index (χ2v) is 21.3. The largest absolute Gasteiger partial charge is 0.459 e. The van der Waals surface area contributed by atoms with E-state index in [9.17, 15) is 4.79 Å². The molecule has 4 N–H and O–H groups in total. The number of benzene rings is 3. The van der Waals surface area contributed by atoms with Crippen LogP contribution in [-0.4, -0.2) is 70.1 Å². The molecule has 9 aromatic rings. The fraction of sp³-hybridized carbons (Fsp3) is 0.268. The quantitative estimate of drug-likeness (QED) is 0.0660. The molecule has 0 saturated heterocycles. The lowest BCUT2D eigenvalue weighted by atomic mass is 10.1. The van der Waals surface area contributed by atoms with Gasteiger partial charge in [-0.25, -0.2) is 44.9 Å². The van der Waals surface area contributed by atoms with Crippen molar-refractivity contribution in [2.75, 3.05) is 29.6 Å². The van der Waals surface area contributed by atoms with Crippen LogP contribution in [0.3, 0.4) is 0 Å². The third-order valence-corrected chi connectivity index (χ3v) is 13.0. The van der Waals surface area contributed by atoms with Gasteiger partial charge in [-0.05, 0) is 150 Å². The summed E-state index contributed by atoms with van der Waals surface area (Å²) in [6.45, 7) is 19.1. The number of esters is 1. The third-order valence-electron chi connectivity index (χ3n) is 10.3. The van der Waals surface area contributed by atoms with Crippen LogP contribution in [-0.2, 0) is 33.8 Å². The first-order chi connectivity index (χ1) is 36.4. The monoisotopic (exact) mass is 1070 g/mol. The molecule has 0 aliphatic heterocycles. The van der Waals surface area contributed by atoms with Crippen molar-refractivity contribution in [3.63, 3.8) is 0 Å². The highest BCUT2D eigenvalue weighted by molar-refractivity contribution is 7.13. The highest BCUT2D eigenvalue weighted by Gasteiger charge is 2.17. The van der Waals surface area contributed by atoms with Gasteiger partial charge in [0.05, 0.1) is 42.7 Å². The lowest BCUT2D eigenvalue weighted by Gasteiger charge is -2.19. The van der Waals surface area contributed by atoms with Crippen LogP contribution in [0.5, 0.6) is 0 Å². The average Bonchev–Trinajstić information content (AvgIpc) is 4.14. The van der Waals surface area contributed by atoms with E-state index in [-0.39, 0.29) is 12.5 Å². The van der Waals surface area contributed by atoms with E-state index in [2.05, 4.69) is 168 Å². The van der Waals surface area contributed by atoms with E-state index in [1.807, 2.05) is 55.1 Å². The van der Waals surface area contributed by atoms with Crippen molar-refractivity contribution in [3.05, 3.63) is 158 Å². The number of rotatable bonds is 16. The minimum Gasteiger partial charge on any atom is -0.459 e. The molecular weight excluding hydrogens is 1010 g/mol. The Bertz CT molecular complexity index is 3370. The van der Waals surface area contributed by atoms with Crippen molar-refractivity contribution in [1.82, 2.24) is 50.2 Å². The van der Waals surface area contributed by atoms with Gasteiger partial charge in [0.25, 0.3) is 0 Å². The number of thiazole rings is 3. The molecule has 0 spiro atoms. The Morgan fingerprint density at radius 2 is 0.921 bits per heavy atom. The zero-order chi connectivity index (χ0) is 54.2. The molecular formula is C56H60N14O3S3. The molecule has 0 radical (unpaired) electrons. The number of nitrogens with zero attached hydrogens (tertiary/aromatic N) is 10. The smallest absolute Gasteiger partial charge is 0.320 e. The minimum atomic E-state index is -0.484. The Balaban J connectivity index is 0.000000168. The van der Waals surface area contributed by atoms with E-state index in [0.29, 0.717) is 37.4 Å². The van der Waals surface area contributed by atoms with Crippen molar-refractivity contribution in [1.29, 1.82) is 5.26 Å². The highest BCUT2D eigenvalue weighted by atomic mass is 32.1. The Morgan fingerprint density at radius 1 is 0.553 bits per heavy atom. The van der Waals surface area contributed by atoms with Crippen molar-refractivity contribution in [2.45, 2.75) is 87.5 Å². The molecule has 0 saturated carbocycles. The fourth-order valence-electron chi connectivity index (χ4n) is 7.54. The van der Waals surface area contributed by atoms with Gasteiger partial charge in [-0.1, -0.05) is 18.2 Å². The van der Waals surface area contributed by atoms with Crippen molar-refractivity contribution in [3.8, 4) is 38.2 Å². The predicted molar refractivity (Wildman–Crippen MR) is 305 cm³/mol. The number of nitrogens with one attached hydrogen (secondary N) is 4. The maximum Gasteiger partial charge on any atom is 0.320 e. The van der Waals surface area contributed by atoms with Gasteiger partial charge < -0.3 is 30.7 Å². The highest BCUT2D eigenvalue weighted by Crippen LogP contribution is 2.27. The predicted octanol–water partition coefficient (Wildman–Crippen LogP) is 12.5. The summed E-state index contributed by atoms with van der Waals surface area (Å²) in [5.74, 6) is 1.34. The summed E-state index contributed by atoms with van der Waals surface area (Å²) in [5, 5.41) is 29.8. The molecule has 3 aromatic carbocycles. The first kappa shape index (κ1) is 55.8. The minimum absolute atomic E-state index is 0.140. The summed E-state index contributed by atoms with van der Waals surface area (Å²) in [7, 11) is 1.66. The van der Waals surface area contributed by atoms with Gasteiger partial charge >= 0.3 is 5.97 Å². The molecule has 6 aromatic heterocycles. The summed E-state index contributed by atoms with van der Waals surface area (Å²) in [6.07, 6.45) is 5.48. The first-order valence-corrected chi connectivity index (χ1v) is 26.8. The molecule has 17 nitrogen and oxygen atoms in total. The van der Waals surface area contributed by atoms with Crippen molar-refractivity contribution < 1.29 is 14.3 Å². The molecule has 0 atom stereocenters. The van der Waals surface area contributed by atoms with Gasteiger partial charge in [-0.3, -0.25) is 4.79 Å². The number of aromatic nitrogens is 9. The molecule has 76 heavy (non-hydrogen) atoms. The van der Waals surface area contributed by atoms with Gasteiger partial charge in [-0.15, -0.1) is 34.0 Å². The standard InChI is InChI=1S/C22H27N5O2S.C17H15N5S.C17H18N4OS/c1-14-8-15(2)10-16(9-14)26-21-24-7-6-18(27-21)20-25-17(13-30-20)11-23-12-19(28)29-22(3,4)5;1-11-7-12(2)9-14(8-11)21-17-19-6-4-15(22-17)16-20-13(3-5-18)10-23-16;1-11-6-12(2)8-13(7-11)20-17-18-5-4-15(21-17)16-19-14(9-22-3)10-23-16/h6-10,13,23H,11-12H2,1-5H3,(H,24,26,27);4,6-10H,3H2,1-2H3,(H,19,21,22);4-8,10H,9H2,1-3H3,(H,18,20,21). The Hall–Kier alpha value is -7.93. The Morgan fingerprint density at radius 3 is 1.30 bits per heavy atom. The Labute approximate surface area is 455 Å². The van der Waals surface area contributed by atoms with Crippen LogP contribution in [0.4, 0.5) is 34.9 Å². The maximum absolute atomic E-state index is 11.8. The molecule has 0 aliphatic carbocycles. The summed E-state index contributed by atoms with van der Waals surface area (Å²) < 4.78 is 10.4. The van der Waals surface area contributed by atoms with E-state index >= 15 is 0 Å². The van der Waals surface area contributed by atoms with Crippen molar-refractivity contribution >= 4 is 74.9 Å². The number of anilines is 6. The van der Waals surface area contributed by atoms with Crippen LogP contribution in [0.1, 0.15) is 71.2 Å². The summed E-state index contributed by atoms with van der Waals surface area (Å²) in [5.41, 5.74) is 14.4. The number of nitriles is 1. The summed E-state index contributed by atoms with van der Waals surface area (Å²) in [6, 6.07) is 26.4. The summed E-state index contributed by atoms with van der Waals surface area (Å²) in [4.78, 5) is 51.9. The number of hydrogen-bond donors (Lipinski definition) is 4. The molecule has 390 valence electrons. The van der Waals surface area contributed by atoms with Crippen LogP contribution >= 0.6 is 34.0 Å². The first-order valence-electron chi connectivity index (χ1n) is 24.1. The van der Waals surface area contributed by atoms with Gasteiger partial charge in [0.15, 0.2) is 0 Å². The molecule has 6 heterocycles. The van der Waals surface area contributed by atoms with E-state index < -0.39 is 5.60 Å². The molecule has 0 bridgehead atoms. The SMILES string of the molecule is COCc1csc(-c2ccnc(Nc3cc(C)cc(C)c3)n2)n1.Cc1cc(C)cc(Nc2nccc(-c3nc(CC#N)cs3)n2)c1.Cc1cc(C)cc(Nc2nccc(-c3nc(CNCC(=O)OC(C)(C)C)cs3)n2)c1. The maximum atomic E-state index is 11.8. The number of ether oxygens (including phenoxy) is 2. The molecule has 9 rings (SSSR count). The number of methoxy groups -OCH3 is 1. The third kappa shape index (κ3) is 17.6. The number of aryl methyl sites for hydroxylation is 6. The molecule has 0 unspecified atom stereocenters. The molecule has 20 heteroatoms. The Kier molecular flexibility index (Phi) is 19.5. The van der Waals surface area contributed by atoms with Crippen LogP contribution in [0.25, 0.3) is 32.1 Å². The second kappa shape index (κ2) is 26.5. The van der Waals surface area contributed by atoms with Crippen LogP contribution in [0, 0.1) is 52.9 Å². The van der Waals surface area contributed by atoms with Crippen LogP contribution in [0.2, 0.25) is 0 Å². The van der Waals surface area contributed by atoms with Crippen molar-refractivity contribution in [2.24, 2.45) is 0 Å². The second-order valence-electron chi connectivity index (χ2n) is 18.7. The number of carbonyl (C=O) groups is 1. The number of carbonyl (C=O) groups excluding carboxylic acids is 1. The van der Waals surface area contributed by atoms with Crippen LogP contribution in [0.15, 0.2) is 108 Å². The van der Waals surface area contributed by atoms with Gasteiger partial charge in [0.1, 0.15) is 37.7 Å². The lowest BCUT2D eigenvalue weighted by Crippen LogP contribution is -2.31. The van der Waals surface area contributed by atoms with E-state index in [0.717, 1.165) is 66.2 Å². The normalized spacial score (nSPS) is 10.9. The topological polar surface area (TPSA) is 223 Å².